The van der Waals surface area contributed by atoms with E-state index in [1.807, 2.05) is 14.1 Å². The molecule has 0 saturated heterocycles. The Morgan fingerprint density at radius 1 is 1.28 bits per heavy atom. The minimum absolute atomic E-state index is 0.155. The van der Waals surface area contributed by atoms with Crippen molar-refractivity contribution in [3.8, 4) is 0 Å². The van der Waals surface area contributed by atoms with E-state index in [0.29, 0.717) is 6.42 Å². The zero-order valence-electron chi connectivity index (χ0n) is 11.7. The summed E-state index contributed by atoms with van der Waals surface area (Å²) in [5, 5.41) is 9.02. The summed E-state index contributed by atoms with van der Waals surface area (Å²) >= 11 is 0. The highest BCUT2D eigenvalue weighted by Crippen LogP contribution is 2.26. The van der Waals surface area contributed by atoms with Crippen LogP contribution in [0.25, 0.3) is 0 Å². The number of benzene rings is 1. The summed E-state index contributed by atoms with van der Waals surface area (Å²) in [5.74, 6) is -1.06. The average Bonchev–Trinajstić information content (AvgIpc) is 2.35. The maximum atomic E-state index is 11.0. The zero-order chi connectivity index (χ0) is 13.7. The third-order valence-electron chi connectivity index (χ3n) is 3.39. The first-order valence-corrected chi connectivity index (χ1v) is 6.43. The van der Waals surface area contributed by atoms with Crippen LogP contribution < -0.4 is 0 Å². The molecule has 1 aromatic rings. The van der Waals surface area contributed by atoms with Crippen molar-refractivity contribution in [1.29, 1.82) is 0 Å². The highest BCUT2D eigenvalue weighted by molar-refractivity contribution is 5.69. The molecule has 0 saturated carbocycles. The molecule has 1 rings (SSSR count). The summed E-state index contributed by atoms with van der Waals surface area (Å²) < 4.78 is 0. The summed E-state index contributed by atoms with van der Waals surface area (Å²) in [6.45, 7) is 3.89. The molecular weight excluding hydrogens is 226 g/mol. The third kappa shape index (κ3) is 3.84. The summed E-state index contributed by atoms with van der Waals surface area (Å²) in [4.78, 5) is 13.1. The Balaban J connectivity index is 2.86. The fraction of sp³-hybridized carbons (Fsp3) is 0.533. The zero-order valence-corrected chi connectivity index (χ0v) is 11.7. The predicted molar refractivity (Wildman–Crippen MR) is 73.7 cm³/mol. The van der Waals surface area contributed by atoms with Gasteiger partial charge in [0.05, 0.1) is 5.92 Å². The van der Waals surface area contributed by atoms with Crippen LogP contribution in [0.3, 0.4) is 0 Å². The maximum absolute atomic E-state index is 11.0. The standard InChI is InChI=1S/C15H23NO2/c1-5-12-6-8-13(9-7-12)14(16(3)4)10-11(2)15(17)18/h6-9,11,14H,5,10H2,1-4H3,(H,17,18). The first-order chi connectivity index (χ1) is 8.45. The fourth-order valence-corrected chi connectivity index (χ4v) is 2.06. The first-order valence-electron chi connectivity index (χ1n) is 6.43. The molecule has 0 bridgehead atoms. The molecule has 1 aromatic carbocycles. The molecule has 0 heterocycles. The van der Waals surface area contributed by atoms with Crippen LogP contribution in [0, 0.1) is 5.92 Å². The molecule has 0 aliphatic heterocycles. The monoisotopic (exact) mass is 249 g/mol. The maximum Gasteiger partial charge on any atom is 0.306 e. The lowest BCUT2D eigenvalue weighted by atomic mass is 9.94. The van der Waals surface area contributed by atoms with Crippen LogP contribution in [0.1, 0.15) is 37.4 Å². The molecule has 2 atom stereocenters. The van der Waals surface area contributed by atoms with Crippen LogP contribution in [0.5, 0.6) is 0 Å². The molecule has 0 radical (unpaired) electrons. The normalized spacial score (nSPS) is 14.5. The van der Waals surface area contributed by atoms with Gasteiger partial charge in [-0.25, -0.2) is 0 Å². The predicted octanol–water partition coefficient (Wildman–Crippen LogP) is 2.96. The molecule has 0 aromatic heterocycles. The number of rotatable bonds is 6. The molecule has 3 heteroatoms. The summed E-state index contributed by atoms with van der Waals surface area (Å²) in [6, 6.07) is 8.62. The van der Waals surface area contributed by atoms with Gasteiger partial charge in [-0.05, 0) is 38.1 Å². The number of hydrogen-bond acceptors (Lipinski definition) is 2. The van der Waals surface area contributed by atoms with Gasteiger partial charge in [-0.1, -0.05) is 38.1 Å². The van der Waals surface area contributed by atoms with Crippen molar-refractivity contribution in [2.75, 3.05) is 14.1 Å². The number of hydrogen-bond donors (Lipinski definition) is 1. The molecular formula is C15H23NO2. The van der Waals surface area contributed by atoms with Crippen LogP contribution in [0.2, 0.25) is 0 Å². The van der Waals surface area contributed by atoms with Gasteiger partial charge in [-0.15, -0.1) is 0 Å². The van der Waals surface area contributed by atoms with E-state index in [2.05, 4.69) is 36.1 Å². The number of carbonyl (C=O) groups is 1. The lowest BCUT2D eigenvalue weighted by Gasteiger charge is -2.26. The second kappa shape index (κ2) is 6.55. The van der Waals surface area contributed by atoms with Crippen molar-refractivity contribution in [3.05, 3.63) is 35.4 Å². The third-order valence-corrected chi connectivity index (χ3v) is 3.39. The smallest absolute Gasteiger partial charge is 0.306 e. The number of carboxylic acid groups (broad SMARTS) is 1. The van der Waals surface area contributed by atoms with Crippen LogP contribution in [0.15, 0.2) is 24.3 Å². The van der Waals surface area contributed by atoms with Crippen molar-refractivity contribution in [2.24, 2.45) is 5.92 Å². The summed E-state index contributed by atoms with van der Waals surface area (Å²) in [5.41, 5.74) is 2.49. The second-order valence-electron chi connectivity index (χ2n) is 5.05. The first kappa shape index (κ1) is 14.7. The van der Waals surface area contributed by atoms with Crippen molar-refractivity contribution in [3.63, 3.8) is 0 Å². The van der Waals surface area contributed by atoms with Gasteiger partial charge in [0.2, 0.25) is 0 Å². The van der Waals surface area contributed by atoms with E-state index in [4.69, 9.17) is 5.11 Å². The molecule has 0 amide bonds. The molecule has 0 aliphatic rings. The Hall–Kier alpha value is -1.35. The van der Waals surface area contributed by atoms with E-state index in [-0.39, 0.29) is 12.0 Å². The van der Waals surface area contributed by atoms with E-state index >= 15 is 0 Å². The van der Waals surface area contributed by atoms with E-state index < -0.39 is 5.97 Å². The Morgan fingerprint density at radius 3 is 2.22 bits per heavy atom. The van der Waals surface area contributed by atoms with Crippen LogP contribution in [0.4, 0.5) is 0 Å². The van der Waals surface area contributed by atoms with Crippen molar-refractivity contribution >= 4 is 5.97 Å². The molecule has 1 N–H and O–H groups in total. The Morgan fingerprint density at radius 2 is 1.83 bits per heavy atom. The fourth-order valence-electron chi connectivity index (χ4n) is 2.06. The molecule has 0 fully saturated rings. The molecule has 18 heavy (non-hydrogen) atoms. The van der Waals surface area contributed by atoms with Gasteiger partial charge in [0.25, 0.3) is 0 Å². The highest BCUT2D eigenvalue weighted by atomic mass is 16.4. The van der Waals surface area contributed by atoms with Crippen molar-refractivity contribution < 1.29 is 9.90 Å². The van der Waals surface area contributed by atoms with Crippen LogP contribution in [-0.2, 0) is 11.2 Å². The van der Waals surface area contributed by atoms with E-state index in [0.717, 1.165) is 6.42 Å². The Labute approximate surface area is 109 Å². The Bertz CT molecular complexity index is 384. The van der Waals surface area contributed by atoms with Gasteiger partial charge >= 0.3 is 5.97 Å². The highest BCUT2D eigenvalue weighted by Gasteiger charge is 2.21. The Kier molecular flexibility index (Phi) is 5.35. The molecule has 0 aliphatic carbocycles. The SMILES string of the molecule is CCc1ccc(C(CC(C)C(=O)O)N(C)C)cc1. The van der Waals surface area contributed by atoms with Crippen LogP contribution >= 0.6 is 0 Å². The summed E-state index contributed by atoms with van der Waals surface area (Å²) in [6.07, 6.45) is 1.66. The minimum atomic E-state index is -0.730. The minimum Gasteiger partial charge on any atom is -0.481 e. The van der Waals surface area contributed by atoms with E-state index in [9.17, 15) is 4.79 Å². The molecule has 3 nitrogen and oxygen atoms in total. The molecule has 0 spiro atoms. The lowest BCUT2D eigenvalue weighted by molar-refractivity contribution is -0.141. The molecule has 2 unspecified atom stereocenters. The van der Waals surface area contributed by atoms with Crippen molar-refractivity contribution in [1.82, 2.24) is 4.90 Å². The quantitative estimate of drug-likeness (QED) is 0.842. The lowest BCUT2D eigenvalue weighted by Crippen LogP contribution is -2.24. The van der Waals surface area contributed by atoms with Crippen molar-refractivity contribution in [2.45, 2.75) is 32.7 Å². The number of nitrogens with zero attached hydrogens (tertiary/aromatic N) is 1. The average molecular weight is 249 g/mol. The van der Waals surface area contributed by atoms with E-state index in [1.54, 1.807) is 6.92 Å². The van der Waals surface area contributed by atoms with Gasteiger partial charge in [-0.2, -0.15) is 0 Å². The number of aliphatic carboxylic acids is 1. The molecule has 100 valence electrons. The number of carboxylic acids is 1. The number of aryl methyl sites for hydroxylation is 1. The van der Waals surface area contributed by atoms with Crippen LogP contribution in [-0.4, -0.2) is 30.1 Å². The second-order valence-corrected chi connectivity index (χ2v) is 5.05. The van der Waals surface area contributed by atoms with Gasteiger partial charge < -0.3 is 10.0 Å². The van der Waals surface area contributed by atoms with Gasteiger partial charge in [-0.3, -0.25) is 4.79 Å². The van der Waals surface area contributed by atoms with Gasteiger partial charge in [0.1, 0.15) is 0 Å². The topological polar surface area (TPSA) is 40.5 Å². The van der Waals surface area contributed by atoms with Gasteiger partial charge in [0, 0.05) is 6.04 Å². The summed E-state index contributed by atoms with van der Waals surface area (Å²) in [7, 11) is 3.99. The van der Waals surface area contributed by atoms with E-state index in [1.165, 1.54) is 11.1 Å². The van der Waals surface area contributed by atoms with Gasteiger partial charge in [0.15, 0.2) is 0 Å². The largest absolute Gasteiger partial charge is 0.481 e.